The van der Waals surface area contributed by atoms with E-state index in [-0.39, 0.29) is 10.5 Å². The average Bonchev–Trinajstić information content (AvgIpc) is 2.47. The molecule has 0 saturated carbocycles. The van der Waals surface area contributed by atoms with Gasteiger partial charge in [0.15, 0.2) is 0 Å². The van der Waals surface area contributed by atoms with Crippen LogP contribution in [-0.4, -0.2) is 19.5 Å². The summed E-state index contributed by atoms with van der Waals surface area (Å²) in [4.78, 5) is 10.8. The Hall–Kier alpha value is -2.34. The summed E-state index contributed by atoms with van der Waals surface area (Å²) in [5.74, 6) is -0.726. The summed E-state index contributed by atoms with van der Waals surface area (Å²) in [6.07, 6.45) is 0. The highest BCUT2D eigenvalue weighted by Crippen LogP contribution is 2.20. The average molecular weight is 319 g/mol. The normalized spacial score (nSPS) is 11.4. The SMILES string of the molecule is CC(C)c1ccc(NS(=O)(=O)c2ccc(C(=O)O)cc2)cc1. The van der Waals surface area contributed by atoms with Crippen molar-refractivity contribution in [1.29, 1.82) is 0 Å². The van der Waals surface area contributed by atoms with E-state index in [1.165, 1.54) is 24.3 Å². The molecule has 0 aliphatic heterocycles. The molecule has 0 radical (unpaired) electrons. The molecule has 0 heterocycles. The van der Waals surface area contributed by atoms with Crippen molar-refractivity contribution in [3.63, 3.8) is 0 Å². The summed E-state index contributed by atoms with van der Waals surface area (Å²) >= 11 is 0. The van der Waals surface area contributed by atoms with Crippen LogP contribution in [0.2, 0.25) is 0 Å². The van der Waals surface area contributed by atoms with Crippen molar-refractivity contribution in [3.8, 4) is 0 Å². The van der Waals surface area contributed by atoms with Crippen LogP contribution in [0.25, 0.3) is 0 Å². The molecule has 2 aromatic carbocycles. The molecule has 0 spiro atoms. The lowest BCUT2D eigenvalue weighted by Crippen LogP contribution is -2.13. The Labute approximate surface area is 129 Å². The van der Waals surface area contributed by atoms with E-state index in [4.69, 9.17) is 5.11 Å². The number of hydrogen-bond acceptors (Lipinski definition) is 3. The van der Waals surface area contributed by atoms with Gasteiger partial charge in [-0.2, -0.15) is 0 Å². The summed E-state index contributed by atoms with van der Waals surface area (Å²) < 4.78 is 27.0. The Morgan fingerprint density at radius 3 is 2.00 bits per heavy atom. The maximum absolute atomic E-state index is 12.2. The zero-order valence-electron chi connectivity index (χ0n) is 12.3. The van der Waals surface area contributed by atoms with Crippen molar-refractivity contribution < 1.29 is 18.3 Å². The third-order valence-corrected chi connectivity index (χ3v) is 4.64. The van der Waals surface area contributed by atoms with Gasteiger partial charge in [0.1, 0.15) is 0 Å². The third-order valence-electron chi connectivity index (χ3n) is 3.24. The number of carbonyl (C=O) groups is 1. The lowest BCUT2D eigenvalue weighted by Gasteiger charge is -2.10. The molecule has 5 nitrogen and oxygen atoms in total. The van der Waals surface area contributed by atoms with Gasteiger partial charge in [-0.05, 0) is 47.9 Å². The Kier molecular flexibility index (Phi) is 4.51. The van der Waals surface area contributed by atoms with Crippen LogP contribution in [0.5, 0.6) is 0 Å². The number of anilines is 1. The number of aromatic carboxylic acids is 1. The summed E-state index contributed by atoms with van der Waals surface area (Å²) in [5.41, 5.74) is 1.63. The zero-order chi connectivity index (χ0) is 16.3. The quantitative estimate of drug-likeness (QED) is 0.885. The van der Waals surface area contributed by atoms with Crippen LogP contribution in [0.15, 0.2) is 53.4 Å². The number of sulfonamides is 1. The van der Waals surface area contributed by atoms with Crippen molar-refractivity contribution in [2.24, 2.45) is 0 Å². The molecule has 2 N–H and O–H groups in total. The Bertz CT molecular complexity index is 763. The molecule has 0 aliphatic carbocycles. The molecule has 0 saturated heterocycles. The van der Waals surface area contributed by atoms with Gasteiger partial charge in [-0.3, -0.25) is 4.72 Å². The van der Waals surface area contributed by atoms with Gasteiger partial charge < -0.3 is 5.11 Å². The lowest BCUT2D eigenvalue weighted by atomic mass is 10.0. The Morgan fingerprint density at radius 2 is 1.55 bits per heavy atom. The van der Waals surface area contributed by atoms with Gasteiger partial charge in [-0.25, -0.2) is 13.2 Å². The highest BCUT2D eigenvalue weighted by atomic mass is 32.2. The lowest BCUT2D eigenvalue weighted by molar-refractivity contribution is 0.0696. The molecule has 0 fully saturated rings. The first-order valence-electron chi connectivity index (χ1n) is 6.76. The fourth-order valence-corrected chi connectivity index (χ4v) is 2.99. The summed E-state index contributed by atoms with van der Waals surface area (Å²) in [6, 6.07) is 12.2. The summed E-state index contributed by atoms with van der Waals surface area (Å²) in [6.45, 7) is 4.12. The maximum Gasteiger partial charge on any atom is 0.335 e. The van der Waals surface area contributed by atoms with E-state index in [2.05, 4.69) is 18.6 Å². The third kappa shape index (κ3) is 3.65. The number of benzene rings is 2. The van der Waals surface area contributed by atoms with Crippen LogP contribution in [0, 0.1) is 0 Å². The highest BCUT2D eigenvalue weighted by molar-refractivity contribution is 7.92. The van der Waals surface area contributed by atoms with Gasteiger partial charge in [0.25, 0.3) is 10.0 Å². The van der Waals surface area contributed by atoms with Gasteiger partial charge in [0.05, 0.1) is 10.5 Å². The van der Waals surface area contributed by atoms with E-state index >= 15 is 0 Å². The molecular weight excluding hydrogens is 302 g/mol. The van der Waals surface area contributed by atoms with Crippen LogP contribution in [0.4, 0.5) is 5.69 Å². The maximum atomic E-state index is 12.2. The number of carboxylic acids is 1. The van der Waals surface area contributed by atoms with E-state index in [0.717, 1.165) is 5.56 Å². The number of rotatable bonds is 5. The molecule has 2 rings (SSSR count). The van der Waals surface area contributed by atoms with Crippen LogP contribution < -0.4 is 4.72 Å². The van der Waals surface area contributed by atoms with Crippen molar-refractivity contribution >= 4 is 21.7 Å². The molecule has 0 aromatic heterocycles. The van der Waals surface area contributed by atoms with Gasteiger partial charge in [0, 0.05) is 5.69 Å². The van der Waals surface area contributed by atoms with Crippen LogP contribution in [-0.2, 0) is 10.0 Å². The second-order valence-electron chi connectivity index (χ2n) is 5.21. The van der Waals surface area contributed by atoms with E-state index in [0.29, 0.717) is 11.6 Å². The standard InChI is InChI=1S/C16H17NO4S/c1-11(2)12-3-7-14(8-4-12)17-22(20,21)15-9-5-13(6-10-15)16(18)19/h3-11,17H,1-2H3,(H,18,19). The van der Waals surface area contributed by atoms with Gasteiger partial charge >= 0.3 is 5.97 Å². The van der Waals surface area contributed by atoms with E-state index in [1.807, 2.05) is 12.1 Å². The largest absolute Gasteiger partial charge is 0.478 e. The van der Waals surface area contributed by atoms with Crippen molar-refractivity contribution in [3.05, 3.63) is 59.7 Å². The van der Waals surface area contributed by atoms with Crippen molar-refractivity contribution in [2.75, 3.05) is 4.72 Å². The van der Waals surface area contributed by atoms with Crippen LogP contribution in [0.3, 0.4) is 0 Å². The smallest absolute Gasteiger partial charge is 0.335 e. The topological polar surface area (TPSA) is 83.5 Å². The molecular formula is C16H17NO4S. The minimum Gasteiger partial charge on any atom is -0.478 e. The summed E-state index contributed by atoms with van der Waals surface area (Å²) in [5, 5.41) is 8.82. The minimum absolute atomic E-state index is 0.0189. The Balaban J connectivity index is 2.21. The van der Waals surface area contributed by atoms with E-state index < -0.39 is 16.0 Å². The van der Waals surface area contributed by atoms with Crippen molar-refractivity contribution in [1.82, 2.24) is 0 Å². The van der Waals surface area contributed by atoms with E-state index in [1.54, 1.807) is 12.1 Å². The first kappa shape index (κ1) is 16.0. The molecule has 116 valence electrons. The predicted octanol–water partition coefficient (Wildman–Crippen LogP) is 3.31. The molecule has 0 aliphatic rings. The second kappa shape index (κ2) is 6.19. The van der Waals surface area contributed by atoms with Gasteiger partial charge in [0.2, 0.25) is 0 Å². The molecule has 6 heteroatoms. The Morgan fingerprint density at radius 1 is 1.00 bits per heavy atom. The van der Waals surface area contributed by atoms with E-state index in [9.17, 15) is 13.2 Å². The first-order valence-corrected chi connectivity index (χ1v) is 8.24. The molecule has 22 heavy (non-hydrogen) atoms. The molecule has 0 amide bonds. The second-order valence-corrected chi connectivity index (χ2v) is 6.89. The fraction of sp³-hybridized carbons (Fsp3) is 0.188. The predicted molar refractivity (Wildman–Crippen MR) is 84.7 cm³/mol. The molecule has 0 bridgehead atoms. The van der Waals surface area contributed by atoms with Gasteiger partial charge in [-0.15, -0.1) is 0 Å². The van der Waals surface area contributed by atoms with Crippen LogP contribution in [0.1, 0.15) is 35.7 Å². The fourth-order valence-electron chi connectivity index (χ4n) is 1.93. The molecule has 2 aromatic rings. The molecule has 0 atom stereocenters. The highest BCUT2D eigenvalue weighted by Gasteiger charge is 2.15. The monoisotopic (exact) mass is 319 g/mol. The van der Waals surface area contributed by atoms with Crippen molar-refractivity contribution in [2.45, 2.75) is 24.7 Å². The zero-order valence-corrected chi connectivity index (χ0v) is 13.1. The summed E-state index contributed by atoms with van der Waals surface area (Å²) in [7, 11) is -3.73. The van der Waals surface area contributed by atoms with Crippen LogP contribution >= 0.6 is 0 Å². The first-order chi connectivity index (χ1) is 10.3. The molecule has 0 unspecified atom stereocenters. The number of carboxylic acid groups (broad SMARTS) is 1. The minimum atomic E-state index is -3.73. The van der Waals surface area contributed by atoms with Gasteiger partial charge in [-0.1, -0.05) is 26.0 Å². The number of hydrogen-bond donors (Lipinski definition) is 2. The number of nitrogens with one attached hydrogen (secondary N) is 1.